The second kappa shape index (κ2) is 5.57. The third-order valence-corrected chi connectivity index (χ3v) is 3.61. The maximum absolute atomic E-state index is 4.54. The molecular formula is C19H20N2. The molecule has 0 amide bonds. The van der Waals surface area contributed by atoms with Crippen molar-refractivity contribution < 1.29 is 0 Å². The minimum atomic E-state index is 0.826. The van der Waals surface area contributed by atoms with Crippen LogP contribution in [0.15, 0.2) is 48.5 Å². The maximum atomic E-state index is 4.54. The van der Waals surface area contributed by atoms with Gasteiger partial charge in [0.2, 0.25) is 0 Å². The minimum Gasteiger partial charge on any atom is -0.381 e. The second-order valence-corrected chi connectivity index (χ2v) is 5.71. The summed E-state index contributed by atoms with van der Waals surface area (Å²) in [6, 6.07) is 17.2. The Labute approximate surface area is 125 Å². The van der Waals surface area contributed by atoms with E-state index in [-0.39, 0.29) is 0 Å². The summed E-state index contributed by atoms with van der Waals surface area (Å²) in [5.74, 6) is 0. The van der Waals surface area contributed by atoms with Gasteiger partial charge < -0.3 is 5.32 Å². The van der Waals surface area contributed by atoms with Gasteiger partial charge in [-0.1, -0.05) is 18.2 Å². The molecule has 106 valence electrons. The van der Waals surface area contributed by atoms with Gasteiger partial charge in [-0.25, -0.2) is 0 Å². The summed E-state index contributed by atoms with van der Waals surface area (Å²) in [4.78, 5) is 4.54. The number of nitrogens with zero attached hydrogens (tertiary/aromatic N) is 1. The van der Waals surface area contributed by atoms with E-state index in [4.69, 9.17) is 0 Å². The molecule has 0 aliphatic heterocycles. The number of benzene rings is 2. The quantitative estimate of drug-likeness (QED) is 0.745. The molecule has 2 aromatic carbocycles. The molecule has 2 heteroatoms. The molecule has 2 nitrogen and oxygen atoms in total. The molecule has 21 heavy (non-hydrogen) atoms. The van der Waals surface area contributed by atoms with Crippen molar-refractivity contribution in [1.29, 1.82) is 0 Å². The van der Waals surface area contributed by atoms with E-state index in [1.807, 2.05) is 6.92 Å². The lowest BCUT2D eigenvalue weighted by molar-refractivity contribution is 1.14. The van der Waals surface area contributed by atoms with Crippen molar-refractivity contribution in [1.82, 2.24) is 4.98 Å². The van der Waals surface area contributed by atoms with E-state index in [1.54, 1.807) is 0 Å². The normalized spacial score (nSPS) is 10.8. The summed E-state index contributed by atoms with van der Waals surface area (Å²) in [6.07, 6.45) is 0. The van der Waals surface area contributed by atoms with Crippen molar-refractivity contribution >= 4 is 16.6 Å². The summed E-state index contributed by atoms with van der Waals surface area (Å²) in [7, 11) is 0. The summed E-state index contributed by atoms with van der Waals surface area (Å²) < 4.78 is 0. The van der Waals surface area contributed by atoms with Crippen LogP contribution in [0.2, 0.25) is 0 Å². The van der Waals surface area contributed by atoms with Gasteiger partial charge in [-0.2, -0.15) is 0 Å². The predicted octanol–water partition coefficient (Wildman–Crippen LogP) is 4.77. The Morgan fingerprint density at radius 1 is 0.857 bits per heavy atom. The molecule has 0 aliphatic carbocycles. The zero-order valence-corrected chi connectivity index (χ0v) is 12.8. The van der Waals surface area contributed by atoms with Crippen LogP contribution in [0.4, 0.5) is 5.69 Å². The van der Waals surface area contributed by atoms with E-state index in [1.165, 1.54) is 27.8 Å². The van der Waals surface area contributed by atoms with Gasteiger partial charge in [-0.05, 0) is 67.8 Å². The average Bonchev–Trinajstić information content (AvgIpc) is 2.44. The lowest BCUT2D eigenvalue weighted by Gasteiger charge is -2.09. The van der Waals surface area contributed by atoms with Crippen LogP contribution in [-0.4, -0.2) is 4.98 Å². The number of hydrogen-bond donors (Lipinski definition) is 1. The highest BCUT2D eigenvalue weighted by atomic mass is 14.9. The first kappa shape index (κ1) is 13.6. The Morgan fingerprint density at radius 3 is 2.38 bits per heavy atom. The zero-order chi connectivity index (χ0) is 14.8. The molecule has 0 aliphatic rings. The first-order chi connectivity index (χ1) is 10.1. The largest absolute Gasteiger partial charge is 0.381 e. The highest BCUT2D eigenvalue weighted by Crippen LogP contribution is 2.18. The van der Waals surface area contributed by atoms with Crippen LogP contribution < -0.4 is 5.32 Å². The summed E-state index contributed by atoms with van der Waals surface area (Å²) >= 11 is 0. The Morgan fingerprint density at radius 2 is 1.62 bits per heavy atom. The van der Waals surface area contributed by atoms with Gasteiger partial charge >= 0.3 is 0 Å². The van der Waals surface area contributed by atoms with E-state index in [9.17, 15) is 0 Å². The van der Waals surface area contributed by atoms with Gasteiger partial charge in [-0.3, -0.25) is 4.98 Å². The Bertz CT molecular complexity index is 770. The van der Waals surface area contributed by atoms with Crippen molar-refractivity contribution in [2.45, 2.75) is 27.3 Å². The van der Waals surface area contributed by atoms with Crippen molar-refractivity contribution in [3.8, 4) is 0 Å². The van der Waals surface area contributed by atoms with Gasteiger partial charge in [0.05, 0.1) is 5.52 Å². The summed E-state index contributed by atoms with van der Waals surface area (Å²) in [5, 5.41) is 4.69. The van der Waals surface area contributed by atoms with Crippen LogP contribution in [-0.2, 0) is 6.54 Å². The highest BCUT2D eigenvalue weighted by molar-refractivity contribution is 5.79. The number of rotatable bonds is 3. The van der Waals surface area contributed by atoms with Crippen LogP contribution in [0.1, 0.15) is 22.4 Å². The van der Waals surface area contributed by atoms with Crippen LogP contribution >= 0.6 is 0 Å². The van der Waals surface area contributed by atoms with Crippen LogP contribution in [0.25, 0.3) is 10.9 Å². The fraction of sp³-hybridized carbons (Fsp3) is 0.211. The molecule has 1 heterocycles. The van der Waals surface area contributed by atoms with Crippen molar-refractivity contribution in [2.75, 3.05) is 5.32 Å². The van der Waals surface area contributed by atoms with Gasteiger partial charge in [0.1, 0.15) is 0 Å². The number of pyridine rings is 1. The van der Waals surface area contributed by atoms with Crippen LogP contribution in [0.5, 0.6) is 0 Å². The van der Waals surface area contributed by atoms with E-state index in [0.29, 0.717) is 0 Å². The standard InChI is InChI=1S/C19H20N2/c1-13-8-14(2)10-18(9-13)20-12-16-5-7-19-17(11-16)6-4-15(3)21-19/h4-11,20H,12H2,1-3H3. The number of aryl methyl sites for hydroxylation is 3. The number of hydrogen-bond acceptors (Lipinski definition) is 2. The molecule has 1 N–H and O–H groups in total. The summed E-state index contributed by atoms with van der Waals surface area (Å²) in [6.45, 7) is 7.10. The first-order valence-corrected chi connectivity index (χ1v) is 7.29. The van der Waals surface area contributed by atoms with Crippen molar-refractivity contribution in [3.63, 3.8) is 0 Å². The Balaban J connectivity index is 1.80. The molecule has 0 fully saturated rings. The monoisotopic (exact) mass is 276 g/mol. The van der Waals surface area contributed by atoms with E-state index in [0.717, 1.165) is 17.8 Å². The third-order valence-electron chi connectivity index (χ3n) is 3.61. The zero-order valence-electron chi connectivity index (χ0n) is 12.8. The average molecular weight is 276 g/mol. The molecule has 0 saturated carbocycles. The molecule has 3 aromatic rings. The van der Waals surface area contributed by atoms with Crippen molar-refractivity contribution in [3.05, 3.63) is 70.9 Å². The highest BCUT2D eigenvalue weighted by Gasteiger charge is 2.00. The third kappa shape index (κ3) is 3.22. The van der Waals surface area contributed by atoms with Gasteiger partial charge in [0.15, 0.2) is 0 Å². The predicted molar refractivity (Wildman–Crippen MR) is 89.7 cm³/mol. The molecule has 0 atom stereocenters. The molecule has 3 rings (SSSR count). The number of nitrogens with one attached hydrogen (secondary N) is 1. The molecular weight excluding hydrogens is 256 g/mol. The van der Waals surface area contributed by atoms with Crippen molar-refractivity contribution in [2.24, 2.45) is 0 Å². The molecule has 0 spiro atoms. The van der Waals surface area contributed by atoms with Gasteiger partial charge in [-0.15, -0.1) is 0 Å². The lowest BCUT2D eigenvalue weighted by Crippen LogP contribution is -2.00. The van der Waals surface area contributed by atoms with E-state index in [2.05, 4.69) is 72.7 Å². The second-order valence-electron chi connectivity index (χ2n) is 5.71. The fourth-order valence-electron chi connectivity index (χ4n) is 2.67. The summed E-state index contributed by atoms with van der Waals surface area (Å²) in [5.41, 5.74) is 7.14. The van der Waals surface area contributed by atoms with E-state index >= 15 is 0 Å². The first-order valence-electron chi connectivity index (χ1n) is 7.29. The lowest BCUT2D eigenvalue weighted by atomic mass is 10.1. The van der Waals surface area contributed by atoms with Crippen LogP contribution in [0, 0.1) is 20.8 Å². The molecule has 0 unspecified atom stereocenters. The minimum absolute atomic E-state index is 0.826. The molecule has 1 aromatic heterocycles. The smallest absolute Gasteiger partial charge is 0.0705 e. The molecule has 0 radical (unpaired) electrons. The number of anilines is 1. The number of aromatic nitrogens is 1. The molecule has 0 bridgehead atoms. The SMILES string of the molecule is Cc1cc(C)cc(NCc2ccc3nc(C)ccc3c2)c1. The number of fused-ring (bicyclic) bond motifs is 1. The van der Waals surface area contributed by atoms with E-state index < -0.39 is 0 Å². The van der Waals surface area contributed by atoms with Crippen LogP contribution in [0.3, 0.4) is 0 Å². The Hall–Kier alpha value is -2.35. The van der Waals surface area contributed by atoms with Gasteiger partial charge in [0.25, 0.3) is 0 Å². The molecule has 0 saturated heterocycles. The van der Waals surface area contributed by atoms with Gasteiger partial charge in [0, 0.05) is 23.3 Å². The maximum Gasteiger partial charge on any atom is 0.0705 e. The fourth-order valence-corrected chi connectivity index (χ4v) is 2.67. The topological polar surface area (TPSA) is 24.9 Å². The Kier molecular flexibility index (Phi) is 3.61.